The summed E-state index contributed by atoms with van der Waals surface area (Å²) in [5.74, 6) is -0.626. The third-order valence-electron chi connectivity index (χ3n) is 3.23. The molecule has 0 aromatic rings. The number of hydrogen-bond donors (Lipinski definition) is 1. The van der Waals surface area contributed by atoms with Crippen LogP contribution < -0.4 is 0 Å². The molecule has 18 heavy (non-hydrogen) atoms. The lowest BCUT2D eigenvalue weighted by Gasteiger charge is -2.35. The molecule has 0 atom stereocenters. The molecule has 0 radical (unpaired) electrons. The van der Waals surface area contributed by atoms with Gasteiger partial charge in [0.2, 0.25) is 5.91 Å². The monoisotopic (exact) mass is 257 g/mol. The predicted molar refractivity (Wildman–Crippen MR) is 67.3 cm³/mol. The summed E-state index contributed by atoms with van der Waals surface area (Å²) < 4.78 is 5.44. The van der Waals surface area contributed by atoms with Crippen LogP contribution in [0.25, 0.3) is 0 Å². The first-order chi connectivity index (χ1) is 8.56. The fraction of sp³-hybridized carbons (Fsp3) is 0.846. The van der Waals surface area contributed by atoms with Gasteiger partial charge in [-0.1, -0.05) is 6.92 Å². The van der Waals surface area contributed by atoms with Gasteiger partial charge in [0.05, 0.1) is 6.10 Å². The van der Waals surface area contributed by atoms with Crippen molar-refractivity contribution in [3.63, 3.8) is 0 Å². The molecule has 1 aliphatic rings. The van der Waals surface area contributed by atoms with E-state index in [0.717, 1.165) is 19.3 Å². The second-order valence-corrected chi connectivity index (χ2v) is 4.83. The molecule has 0 spiro atoms. The topological polar surface area (TPSA) is 66.8 Å². The summed E-state index contributed by atoms with van der Waals surface area (Å²) in [7, 11) is 0. The van der Waals surface area contributed by atoms with E-state index in [0.29, 0.717) is 31.6 Å². The molecular formula is C13H23NO4. The zero-order valence-corrected chi connectivity index (χ0v) is 11.2. The minimum atomic E-state index is -0.947. The van der Waals surface area contributed by atoms with Gasteiger partial charge in [-0.2, -0.15) is 0 Å². The average molecular weight is 257 g/mol. The number of carbonyl (C=O) groups excluding carboxylic acids is 1. The second kappa shape index (κ2) is 7.36. The van der Waals surface area contributed by atoms with E-state index in [2.05, 4.69) is 0 Å². The van der Waals surface area contributed by atoms with Crippen molar-refractivity contribution in [3.8, 4) is 0 Å². The van der Waals surface area contributed by atoms with Crippen LogP contribution in [0.5, 0.6) is 0 Å². The highest BCUT2D eigenvalue weighted by molar-refractivity contribution is 5.81. The summed E-state index contributed by atoms with van der Waals surface area (Å²) in [5, 5.41) is 8.76. The Kier molecular flexibility index (Phi) is 6.12. The van der Waals surface area contributed by atoms with E-state index in [4.69, 9.17) is 9.84 Å². The van der Waals surface area contributed by atoms with Crippen molar-refractivity contribution in [1.82, 2.24) is 4.90 Å². The third kappa shape index (κ3) is 4.64. The molecule has 0 heterocycles. The molecular weight excluding hydrogens is 234 g/mol. The minimum absolute atomic E-state index is 0.0424. The lowest BCUT2D eigenvalue weighted by molar-refractivity contribution is -0.145. The van der Waals surface area contributed by atoms with Crippen LogP contribution in [0, 0.1) is 5.92 Å². The number of ether oxygens (including phenoxy) is 1. The van der Waals surface area contributed by atoms with Gasteiger partial charge in [-0.15, -0.1) is 0 Å². The summed E-state index contributed by atoms with van der Waals surface area (Å²) in [6.07, 6.45) is 3.38. The van der Waals surface area contributed by atoms with Gasteiger partial charge >= 0.3 is 5.97 Å². The first-order valence-corrected chi connectivity index (χ1v) is 6.67. The zero-order chi connectivity index (χ0) is 13.5. The Balaban J connectivity index is 2.31. The summed E-state index contributed by atoms with van der Waals surface area (Å²) in [4.78, 5) is 24.1. The van der Waals surface area contributed by atoms with Crippen LogP contribution in [-0.2, 0) is 14.3 Å². The third-order valence-corrected chi connectivity index (χ3v) is 3.23. The quantitative estimate of drug-likeness (QED) is 0.716. The lowest BCUT2D eigenvalue weighted by Crippen LogP contribution is -2.40. The fourth-order valence-electron chi connectivity index (χ4n) is 2.31. The molecule has 104 valence electrons. The van der Waals surface area contributed by atoms with Crippen molar-refractivity contribution >= 4 is 11.9 Å². The van der Waals surface area contributed by atoms with Crippen molar-refractivity contribution in [2.75, 3.05) is 19.7 Å². The van der Waals surface area contributed by atoms with Crippen LogP contribution >= 0.6 is 0 Å². The first kappa shape index (κ1) is 15.0. The molecule has 1 aliphatic carbocycles. The number of aliphatic carboxylic acids is 1. The molecule has 1 amide bonds. The molecule has 1 fully saturated rings. The van der Waals surface area contributed by atoms with Crippen LogP contribution in [0.2, 0.25) is 0 Å². The Morgan fingerprint density at radius 3 is 2.50 bits per heavy atom. The van der Waals surface area contributed by atoms with E-state index in [9.17, 15) is 9.59 Å². The van der Waals surface area contributed by atoms with Gasteiger partial charge in [0, 0.05) is 19.6 Å². The Labute approximate surface area is 108 Å². The number of carboxylic acids is 1. The standard InChI is InChI=1S/C13H23NO4/c1-3-5-14(9-13(16)17)12(15)8-10-6-11(7-10)18-4-2/h10-11H,3-9H2,1-2H3,(H,16,17). The second-order valence-electron chi connectivity index (χ2n) is 4.83. The average Bonchev–Trinajstić information content (AvgIpc) is 2.25. The molecule has 5 heteroatoms. The van der Waals surface area contributed by atoms with Gasteiger partial charge in [-0.25, -0.2) is 0 Å². The van der Waals surface area contributed by atoms with E-state index in [1.165, 1.54) is 4.90 Å². The van der Waals surface area contributed by atoms with E-state index >= 15 is 0 Å². The zero-order valence-electron chi connectivity index (χ0n) is 11.2. The number of amides is 1. The predicted octanol–water partition coefficient (Wildman–Crippen LogP) is 1.51. The summed E-state index contributed by atoms with van der Waals surface area (Å²) in [6, 6.07) is 0. The highest BCUT2D eigenvalue weighted by Gasteiger charge is 2.32. The maximum Gasteiger partial charge on any atom is 0.323 e. The van der Waals surface area contributed by atoms with Gasteiger partial charge in [0.1, 0.15) is 6.54 Å². The number of hydrogen-bond acceptors (Lipinski definition) is 3. The Bertz CT molecular complexity index is 287. The van der Waals surface area contributed by atoms with Gasteiger partial charge in [-0.3, -0.25) is 9.59 Å². The summed E-state index contributed by atoms with van der Waals surface area (Å²) >= 11 is 0. The number of carbonyl (C=O) groups is 2. The molecule has 1 N–H and O–H groups in total. The van der Waals surface area contributed by atoms with Gasteiger partial charge in [0.15, 0.2) is 0 Å². The van der Waals surface area contributed by atoms with Crippen molar-refractivity contribution in [2.45, 2.75) is 45.6 Å². The molecule has 0 unspecified atom stereocenters. The lowest BCUT2D eigenvalue weighted by atomic mass is 9.79. The van der Waals surface area contributed by atoms with Crippen LogP contribution in [0.1, 0.15) is 39.5 Å². The largest absolute Gasteiger partial charge is 0.480 e. The molecule has 1 saturated carbocycles. The van der Waals surface area contributed by atoms with E-state index in [1.807, 2.05) is 13.8 Å². The van der Waals surface area contributed by atoms with Crippen molar-refractivity contribution in [3.05, 3.63) is 0 Å². The normalized spacial score (nSPS) is 22.3. The van der Waals surface area contributed by atoms with Crippen molar-refractivity contribution < 1.29 is 19.4 Å². The molecule has 0 aromatic carbocycles. The van der Waals surface area contributed by atoms with E-state index in [1.54, 1.807) is 0 Å². The molecule has 1 rings (SSSR count). The van der Waals surface area contributed by atoms with Crippen molar-refractivity contribution in [2.24, 2.45) is 5.92 Å². The van der Waals surface area contributed by atoms with Gasteiger partial charge in [-0.05, 0) is 32.1 Å². The Hall–Kier alpha value is -1.10. The number of carboxylic acid groups (broad SMARTS) is 1. The summed E-state index contributed by atoms with van der Waals surface area (Å²) in [5.41, 5.74) is 0. The molecule has 5 nitrogen and oxygen atoms in total. The van der Waals surface area contributed by atoms with Crippen LogP contribution in [0.4, 0.5) is 0 Å². The fourth-order valence-corrected chi connectivity index (χ4v) is 2.31. The van der Waals surface area contributed by atoms with Crippen LogP contribution in [0.3, 0.4) is 0 Å². The Morgan fingerprint density at radius 2 is 2.00 bits per heavy atom. The molecule has 0 aliphatic heterocycles. The van der Waals surface area contributed by atoms with Gasteiger partial charge < -0.3 is 14.7 Å². The number of nitrogens with zero attached hydrogens (tertiary/aromatic N) is 1. The van der Waals surface area contributed by atoms with Gasteiger partial charge in [0.25, 0.3) is 0 Å². The molecule has 0 saturated heterocycles. The maximum absolute atomic E-state index is 12.0. The SMILES string of the molecule is CCCN(CC(=O)O)C(=O)CC1CC(OCC)C1. The smallest absolute Gasteiger partial charge is 0.323 e. The highest BCUT2D eigenvalue weighted by Crippen LogP contribution is 2.33. The number of rotatable bonds is 8. The van der Waals surface area contributed by atoms with E-state index in [-0.39, 0.29) is 12.5 Å². The van der Waals surface area contributed by atoms with E-state index < -0.39 is 5.97 Å². The molecule has 0 aromatic heterocycles. The molecule has 0 bridgehead atoms. The first-order valence-electron chi connectivity index (χ1n) is 6.67. The maximum atomic E-state index is 12.0. The highest BCUT2D eigenvalue weighted by atomic mass is 16.5. The van der Waals surface area contributed by atoms with Crippen molar-refractivity contribution in [1.29, 1.82) is 0 Å². The van der Waals surface area contributed by atoms with Crippen LogP contribution in [0.15, 0.2) is 0 Å². The van der Waals surface area contributed by atoms with Crippen LogP contribution in [-0.4, -0.2) is 47.7 Å². The summed E-state index contributed by atoms with van der Waals surface area (Å²) in [6.45, 7) is 4.96. The minimum Gasteiger partial charge on any atom is -0.480 e. The Morgan fingerprint density at radius 1 is 1.33 bits per heavy atom.